The van der Waals surface area contributed by atoms with E-state index in [1.165, 1.54) is 6.07 Å². The van der Waals surface area contributed by atoms with Gasteiger partial charge >= 0.3 is 6.18 Å². The van der Waals surface area contributed by atoms with Crippen molar-refractivity contribution in [2.75, 3.05) is 6.54 Å². The quantitative estimate of drug-likeness (QED) is 0.118. The predicted octanol–water partition coefficient (Wildman–Crippen LogP) is 2.77. The van der Waals surface area contributed by atoms with Gasteiger partial charge < -0.3 is 32.7 Å². The molecule has 2 aromatic carbocycles. The van der Waals surface area contributed by atoms with E-state index in [4.69, 9.17) is 11.5 Å². The monoisotopic (exact) mass is 697 g/mol. The molecule has 4 atom stereocenters. The minimum atomic E-state index is -4.59. The summed E-state index contributed by atoms with van der Waals surface area (Å²) in [7, 11) is 0. The molecule has 0 fully saturated rings. The first-order valence-corrected chi connectivity index (χ1v) is 16.5. The maximum absolute atomic E-state index is 13.8. The summed E-state index contributed by atoms with van der Waals surface area (Å²) >= 11 is 0. The molecular weight excluding hydrogens is 651 g/mol. The van der Waals surface area contributed by atoms with Crippen molar-refractivity contribution in [1.29, 1.82) is 0 Å². The van der Waals surface area contributed by atoms with E-state index in [1.54, 1.807) is 0 Å². The molecule has 0 radical (unpaired) electrons. The van der Waals surface area contributed by atoms with Gasteiger partial charge in [0.1, 0.15) is 23.8 Å². The van der Waals surface area contributed by atoms with Gasteiger partial charge in [-0.3, -0.25) is 24.2 Å². The Morgan fingerprint density at radius 2 is 1.28 bits per heavy atom. The van der Waals surface area contributed by atoms with E-state index in [2.05, 4.69) is 26.3 Å². The number of benzene rings is 2. The van der Waals surface area contributed by atoms with Crippen LogP contribution in [0.3, 0.4) is 0 Å². The van der Waals surface area contributed by atoms with E-state index in [1.807, 2.05) is 74.5 Å². The summed E-state index contributed by atoms with van der Waals surface area (Å²) in [4.78, 5) is 57.2. The van der Waals surface area contributed by atoms with Crippen LogP contribution < -0.4 is 32.7 Å². The average molecular weight is 698 g/mol. The normalized spacial score (nSPS) is 13.8. The Morgan fingerprint density at radius 1 is 0.720 bits per heavy atom. The zero-order valence-corrected chi connectivity index (χ0v) is 28.2. The van der Waals surface area contributed by atoms with E-state index >= 15 is 0 Å². The van der Waals surface area contributed by atoms with E-state index in [9.17, 15) is 32.3 Å². The van der Waals surface area contributed by atoms with Crippen molar-refractivity contribution in [2.45, 2.75) is 82.8 Å². The lowest BCUT2D eigenvalue weighted by Crippen LogP contribution is -2.58. The van der Waals surface area contributed by atoms with Crippen LogP contribution in [-0.4, -0.2) is 59.3 Å². The summed E-state index contributed by atoms with van der Waals surface area (Å²) in [6, 6.07) is 16.2. The zero-order chi connectivity index (χ0) is 36.7. The fraction of sp³-hybridized carbons (Fsp3) is 0.417. The number of nitrogens with zero attached hydrogens (tertiary/aromatic N) is 1. The molecule has 0 aliphatic rings. The van der Waals surface area contributed by atoms with Gasteiger partial charge in [0.05, 0.1) is 6.04 Å². The zero-order valence-electron chi connectivity index (χ0n) is 28.2. The number of nitrogens with one attached hydrogen (secondary N) is 4. The van der Waals surface area contributed by atoms with Crippen molar-refractivity contribution in [3.05, 3.63) is 101 Å². The fourth-order valence-corrected chi connectivity index (χ4v) is 5.15. The standard InChI is InChI=1S/C36H46F3N7O4/c1-23(2)18-29(34(49)44-28(14-9-17-40)33(48)43-22-26-15-16-31(42-21-26)36(37,38)39)46-35(50)30(20-25-12-7-4-8-13-25)45-32(47)27(41)19-24-10-5-3-6-11-24/h3-8,10-13,15-16,21,23,27-30H,9,14,17-20,22,40-41H2,1-2H3,(H,43,48)(H,44,49)(H,45,47)(H,46,50)/t27-,28-,29-,30-/m1/s1. The molecule has 8 N–H and O–H groups in total. The number of rotatable bonds is 18. The molecule has 0 saturated heterocycles. The molecule has 0 aliphatic carbocycles. The van der Waals surface area contributed by atoms with Gasteiger partial charge in [0.2, 0.25) is 23.6 Å². The summed E-state index contributed by atoms with van der Waals surface area (Å²) in [5.74, 6) is -2.38. The van der Waals surface area contributed by atoms with Crippen LogP contribution in [-0.2, 0) is 44.7 Å². The van der Waals surface area contributed by atoms with Crippen molar-refractivity contribution in [3.8, 4) is 0 Å². The van der Waals surface area contributed by atoms with Gasteiger partial charge in [-0.25, -0.2) is 0 Å². The number of hydrogen-bond donors (Lipinski definition) is 6. The van der Waals surface area contributed by atoms with Gasteiger partial charge in [-0.1, -0.05) is 80.6 Å². The van der Waals surface area contributed by atoms with Crippen molar-refractivity contribution >= 4 is 23.6 Å². The molecule has 0 unspecified atom stereocenters. The second-order valence-corrected chi connectivity index (χ2v) is 12.5. The third-order valence-electron chi connectivity index (χ3n) is 7.80. The summed E-state index contributed by atoms with van der Waals surface area (Å²) in [6.45, 7) is 3.85. The molecule has 0 bridgehead atoms. The largest absolute Gasteiger partial charge is 0.433 e. The highest BCUT2D eigenvalue weighted by Gasteiger charge is 2.33. The van der Waals surface area contributed by atoms with Crippen LogP contribution in [0.15, 0.2) is 79.0 Å². The van der Waals surface area contributed by atoms with E-state index in [-0.39, 0.29) is 44.7 Å². The highest BCUT2D eigenvalue weighted by molar-refractivity contribution is 5.95. The number of aromatic nitrogens is 1. The average Bonchev–Trinajstić information content (AvgIpc) is 3.08. The molecular formula is C36H46F3N7O4. The van der Waals surface area contributed by atoms with Gasteiger partial charge in [0.25, 0.3) is 0 Å². The van der Waals surface area contributed by atoms with Crippen LogP contribution >= 0.6 is 0 Å². The fourth-order valence-electron chi connectivity index (χ4n) is 5.15. The van der Waals surface area contributed by atoms with Crippen LogP contribution in [0.25, 0.3) is 0 Å². The Kier molecular flexibility index (Phi) is 15.4. The summed E-state index contributed by atoms with van der Waals surface area (Å²) in [6.07, 6.45) is -2.41. The lowest BCUT2D eigenvalue weighted by atomic mass is 10.00. The molecule has 0 aliphatic heterocycles. The van der Waals surface area contributed by atoms with E-state index in [0.717, 1.165) is 23.4 Å². The third kappa shape index (κ3) is 13.2. The van der Waals surface area contributed by atoms with Gasteiger partial charge in [0, 0.05) is 19.2 Å². The van der Waals surface area contributed by atoms with E-state index < -0.39 is 59.7 Å². The van der Waals surface area contributed by atoms with Crippen LogP contribution in [0.4, 0.5) is 13.2 Å². The topological polar surface area (TPSA) is 181 Å². The predicted molar refractivity (Wildman–Crippen MR) is 183 cm³/mol. The molecule has 14 heteroatoms. The molecule has 4 amide bonds. The third-order valence-corrected chi connectivity index (χ3v) is 7.80. The van der Waals surface area contributed by atoms with Gasteiger partial charge in [-0.15, -0.1) is 0 Å². The Hall–Kier alpha value is -4.82. The number of carbonyl (C=O) groups excluding carboxylic acids is 4. The highest BCUT2D eigenvalue weighted by Crippen LogP contribution is 2.27. The van der Waals surface area contributed by atoms with Crippen LogP contribution in [0.5, 0.6) is 0 Å². The number of hydrogen-bond acceptors (Lipinski definition) is 7. The minimum absolute atomic E-state index is 0.0454. The van der Waals surface area contributed by atoms with Gasteiger partial charge in [0.15, 0.2) is 0 Å². The Balaban J connectivity index is 1.73. The van der Waals surface area contributed by atoms with Gasteiger partial charge in [-0.2, -0.15) is 13.2 Å². The maximum Gasteiger partial charge on any atom is 0.433 e. The summed E-state index contributed by atoms with van der Waals surface area (Å²) in [5, 5.41) is 10.9. The molecule has 50 heavy (non-hydrogen) atoms. The number of carbonyl (C=O) groups is 4. The molecule has 3 rings (SSSR count). The number of halogens is 3. The minimum Gasteiger partial charge on any atom is -0.350 e. The first kappa shape index (κ1) is 39.6. The molecule has 270 valence electrons. The lowest BCUT2D eigenvalue weighted by Gasteiger charge is -2.27. The van der Waals surface area contributed by atoms with Crippen LogP contribution in [0, 0.1) is 5.92 Å². The molecule has 1 heterocycles. The molecule has 0 spiro atoms. The van der Waals surface area contributed by atoms with Gasteiger partial charge in [-0.05, 0) is 60.9 Å². The number of nitrogens with two attached hydrogens (primary N) is 2. The van der Waals surface area contributed by atoms with Crippen LogP contribution in [0.2, 0.25) is 0 Å². The number of amides is 4. The highest BCUT2D eigenvalue weighted by atomic mass is 19.4. The van der Waals surface area contributed by atoms with Crippen molar-refractivity contribution in [1.82, 2.24) is 26.3 Å². The van der Waals surface area contributed by atoms with Crippen LogP contribution in [0.1, 0.15) is 55.5 Å². The summed E-state index contributed by atoms with van der Waals surface area (Å²) < 4.78 is 38.6. The second kappa shape index (κ2) is 19.4. The van der Waals surface area contributed by atoms with Crippen molar-refractivity contribution in [3.63, 3.8) is 0 Å². The SMILES string of the molecule is CC(C)C[C@@H](NC(=O)[C@@H](Cc1ccccc1)NC(=O)[C@H](N)Cc1ccccc1)C(=O)N[C@H](CCCN)C(=O)NCc1ccc(C(F)(F)F)nc1. The molecule has 0 saturated carbocycles. The summed E-state index contributed by atoms with van der Waals surface area (Å²) in [5.41, 5.74) is 12.8. The van der Waals surface area contributed by atoms with Crippen molar-refractivity contribution in [2.24, 2.45) is 17.4 Å². The maximum atomic E-state index is 13.8. The molecule has 1 aromatic heterocycles. The Morgan fingerprint density at radius 3 is 1.82 bits per heavy atom. The Bertz CT molecular complexity index is 1520. The first-order valence-electron chi connectivity index (χ1n) is 16.5. The first-order chi connectivity index (χ1) is 23.8. The number of alkyl halides is 3. The van der Waals surface area contributed by atoms with Crippen molar-refractivity contribution < 1.29 is 32.3 Å². The second-order valence-electron chi connectivity index (χ2n) is 12.5. The molecule has 11 nitrogen and oxygen atoms in total. The number of pyridine rings is 1. The van der Waals surface area contributed by atoms with E-state index in [0.29, 0.717) is 12.0 Å². The molecule has 3 aromatic rings. The smallest absolute Gasteiger partial charge is 0.350 e. The lowest BCUT2D eigenvalue weighted by molar-refractivity contribution is -0.141. The Labute approximate surface area is 290 Å².